The van der Waals surface area contributed by atoms with Gasteiger partial charge in [0.15, 0.2) is 0 Å². The smallest absolute Gasteiger partial charge is 0.240 e. The molecule has 186 valence electrons. The zero-order valence-corrected chi connectivity index (χ0v) is 21.4. The first kappa shape index (κ1) is 25.2. The van der Waals surface area contributed by atoms with Crippen LogP contribution in [0.15, 0.2) is 53.7 Å². The summed E-state index contributed by atoms with van der Waals surface area (Å²) in [5.74, 6) is 1.33. The number of methoxy groups -OCH3 is 2. The molecular formula is C24H28ClN5O4S. The third kappa shape index (κ3) is 6.02. The van der Waals surface area contributed by atoms with Crippen LogP contribution < -0.4 is 19.5 Å². The molecule has 1 aliphatic heterocycles. The van der Waals surface area contributed by atoms with Crippen molar-refractivity contribution < 1.29 is 17.9 Å². The zero-order chi connectivity index (χ0) is 25.0. The number of sulfonamides is 1. The van der Waals surface area contributed by atoms with Gasteiger partial charge >= 0.3 is 0 Å². The van der Waals surface area contributed by atoms with E-state index >= 15 is 0 Å². The normalized spacial score (nSPS) is 15.1. The van der Waals surface area contributed by atoms with E-state index in [9.17, 15) is 8.42 Å². The summed E-state index contributed by atoms with van der Waals surface area (Å²) in [5.41, 5.74) is 2.07. The molecule has 0 unspecified atom stereocenters. The molecule has 0 saturated carbocycles. The maximum atomic E-state index is 13.0. The molecule has 3 aromatic rings. The average Bonchev–Trinajstić information content (AvgIpc) is 2.86. The largest absolute Gasteiger partial charge is 0.495 e. The Morgan fingerprint density at radius 2 is 1.66 bits per heavy atom. The van der Waals surface area contributed by atoms with Crippen LogP contribution in [0.4, 0.5) is 11.6 Å². The molecule has 1 aromatic heterocycles. The lowest BCUT2D eigenvalue weighted by molar-refractivity contribution is 0.248. The van der Waals surface area contributed by atoms with Crippen molar-refractivity contribution in [3.8, 4) is 22.6 Å². The molecule has 1 fully saturated rings. The average molecular weight is 518 g/mol. The van der Waals surface area contributed by atoms with Crippen LogP contribution in [0.1, 0.15) is 12.8 Å². The topological polar surface area (TPSA) is 106 Å². The predicted octanol–water partition coefficient (Wildman–Crippen LogP) is 3.93. The first-order chi connectivity index (χ1) is 16.8. The quantitative estimate of drug-likeness (QED) is 0.463. The molecule has 2 aromatic carbocycles. The Bertz CT molecular complexity index is 1280. The summed E-state index contributed by atoms with van der Waals surface area (Å²) in [7, 11) is 1.41. The maximum absolute atomic E-state index is 13.0. The molecule has 1 saturated heterocycles. The molecule has 9 nitrogen and oxygen atoms in total. The van der Waals surface area contributed by atoms with E-state index in [0.29, 0.717) is 28.2 Å². The van der Waals surface area contributed by atoms with Crippen LogP contribution in [0.3, 0.4) is 0 Å². The predicted molar refractivity (Wildman–Crippen MR) is 136 cm³/mol. The van der Waals surface area contributed by atoms with E-state index < -0.39 is 10.0 Å². The summed E-state index contributed by atoms with van der Waals surface area (Å²) < 4.78 is 39.5. The molecule has 1 aliphatic rings. The van der Waals surface area contributed by atoms with Crippen LogP contribution in [0.2, 0.25) is 5.02 Å². The number of nitrogens with one attached hydrogen (secondary N) is 2. The fraction of sp³-hybridized carbons (Fsp3) is 0.333. The summed E-state index contributed by atoms with van der Waals surface area (Å²) in [4.78, 5) is 11.1. The van der Waals surface area contributed by atoms with Crippen molar-refractivity contribution in [1.82, 2.24) is 19.6 Å². The van der Waals surface area contributed by atoms with Crippen molar-refractivity contribution in [2.24, 2.45) is 0 Å². The number of anilines is 2. The number of hydrogen-bond donors (Lipinski definition) is 2. The van der Waals surface area contributed by atoms with Crippen molar-refractivity contribution >= 4 is 33.3 Å². The Labute approximate surface area is 210 Å². The van der Waals surface area contributed by atoms with Gasteiger partial charge in [-0.15, -0.1) is 0 Å². The third-order valence-electron chi connectivity index (χ3n) is 5.90. The van der Waals surface area contributed by atoms with Gasteiger partial charge in [-0.1, -0.05) is 17.7 Å². The molecule has 2 N–H and O–H groups in total. The highest BCUT2D eigenvalue weighted by atomic mass is 35.5. The highest BCUT2D eigenvalue weighted by Gasteiger charge is 2.24. The summed E-state index contributed by atoms with van der Waals surface area (Å²) in [6, 6.07) is 9.99. The van der Waals surface area contributed by atoms with Crippen LogP contribution in [0.5, 0.6) is 11.5 Å². The van der Waals surface area contributed by atoms with Crippen LogP contribution in [0, 0.1) is 0 Å². The summed E-state index contributed by atoms with van der Waals surface area (Å²) >= 11 is 6.11. The second-order valence-electron chi connectivity index (χ2n) is 8.33. The van der Waals surface area contributed by atoms with E-state index in [0.717, 1.165) is 37.1 Å². The Kier molecular flexibility index (Phi) is 7.75. The van der Waals surface area contributed by atoms with E-state index in [1.54, 1.807) is 31.6 Å². The maximum Gasteiger partial charge on any atom is 0.240 e. The minimum absolute atomic E-state index is 0.0860. The van der Waals surface area contributed by atoms with Crippen LogP contribution in [-0.2, 0) is 10.0 Å². The van der Waals surface area contributed by atoms with E-state index in [-0.39, 0.29) is 10.9 Å². The number of ether oxygens (including phenoxy) is 2. The molecule has 0 bridgehead atoms. The molecule has 35 heavy (non-hydrogen) atoms. The van der Waals surface area contributed by atoms with Gasteiger partial charge in [0.2, 0.25) is 16.0 Å². The molecule has 0 radical (unpaired) electrons. The molecule has 4 rings (SSSR count). The fourth-order valence-electron chi connectivity index (χ4n) is 3.87. The van der Waals surface area contributed by atoms with E-state index in [2.05, 4.69) is 24.9 Å². The lowest BCUT2D eigenvalue weighted by Gasteiger charge is -2.29. The van der Waals surface area contributed by atoms with Crippen molar-refractivity contribution in [1.29, 1.82) is 0 Å². The van der Waals surface area contributed by atoms with E-state index in [1.807, 2.05) is 19.2 Å². The third-order valence-corrected chi connectivity index (χ3v) is 7.73. The van der Waals surface area contributed by atoms with Gasteiger partial charge in [0.25, 0.3) is 0 Å². The highest BCUT2D eigenvalue weighted by molar-refractivity contribution is 7.89. The lowest BCUT2D eigenvalue weighted by atomic mass is 10.1. The number of benzene rings is 2. The first-order valence-corrected chi connectivity index (χ1v) is 13.0. The molecule has 0 amide bonds. The van der Waals surface area contributed by atoms with Crippen LogP contribution >= 0.6 is 11.6 Å². The number of likely N-dealkylation sites (tertiary alicyclic amines) is 1. The van der Waals surface area contributed by atoms with Gasteiger partial charge < -0.3 is 19.7 Å². The van der Waals surface area contributed by atoms with Gasteiger partial charge in [0, 0.05) is 24.0 Å². The van der Waals surface area contributed by atoms with Crippen LogP contribution in [0.25, 0.3) is 11.1 Å². The van der Waals surface area contributed by atoms with Gasteiger partial charge in [0.1, 0.15) is 11.5 Å². The lowest BCUT2D eigenvalue weighted by Crippen LogP contribution is -2.43. The van der Waals surface area contributed by atoms with Gasteiger partial charge in [0.05, 0.1) is 29.8 Å². The van der Waals surface area contributed by atoms with E-state index in [1.165, 1.54) is 19.2 Å². The second kappa shape index (κ2) is 10.8. The van der Waals surface area contributed by atoms with Crippen molar-refractivity contribution in [2.45, 2.75) is 23.8 Å². The minimum atomic E-state index is -3.70. The Morgan fingerprint density at radius 1 is 0.971 bits per heavy atom. The minimum Gasteiger partial charge on any atom is -0.495 e. The molecule has 0 atom stereocenters. The second-order valence-corrected chi connectivity index (χ2v) is 10.5. The van der Waals surface area contributed by atoms with Gasteiger partial charge in [-0.3, -0.25) is 0 Å². The van der Waals surface area contributed by atoms with Gasteiger partial charge in [-0.05, 0) is 68.9 Å². The van der Waals surface area contributed by atoms with Crippen molar-refractivity contribution in [2.75, 3.05) is 39.7 Å². The van der Waals surface area contributed by atoms with Gasteiger partial charge in [-0.25, -0.2) is 23.1 Å². The molecule has 0 spiro atoms. The summed E-state index contributed by atoms with van der Waals surface area (Å²) in [6.45, 7) is 1.72. The Balaban J connectivity index is 1.53. The van der Waals surface area contributed by atoms with Crippen LogP contribution in [-0.4, -0.2) is 63.7 Å². The number of rotatable bonds is 8. The summed E-state index contributed by atoms with van der Waals surface area (Å²) in [6.07, 6.45) is 4.87. The molecule has 11 heteroatoms. The highest BCUT2D eigenvalue weighted by Crippen LogP contribution is 2.32. The fourth-order valence-corrected chi connectivity index (χ4v) is 5.39. The zero-order valence-electron chi connectivity index (χ0n) is 19.8. The number of hydrogen-bond acceptors (Lipinski definition) is 8. The monoisotopic (exact) mass is 517 g/mol. The standard InChI is InChI=1S/C24H28ClN5O4S/c1-30-10-8-18(9-11-30)29-35(31,32)19-5-7-22(33-2)21(13-19)28-24-26-14-17(15-27-24)16-4-6-20(25)23(12-16)34-3/h4-7,12-15,18,29H,8-11H2,1-3H3,(H,26,27,28). The van der Waals surface area contributed by atoms with Gasteiger partial charge in [-0.2, -0.15) is 0 Å². The first-order valence-electron chi connectivity index (χ1n) is 11.1. The van der Waals surface area contributed by atoms with Crippen molar-refractivity contribution in [3.63, 3.8) is 0 Å². The Hall–Kier alpha value is -2.92. The molecular weight excluding hydrogens is 490 g/mol. The number of aromatic nitrogens is 2. The van der Waals surface area contributed by atoms with E-state index in [4.69, 9.17) is 21.1 Å². The SMILES string of the molecule is COc1cc(-c2cnc(Nc3cc(S(=O)(=O)NC4CCN(C)CC4)ccc3OC)nc2)ccc1Cl. The Morgan fingerprint density at radius 3 is 2.31 bits per heavy atom. The summed E-state index contributed by atoms with van der Waals surface area (Å²) in [5, 5.41) is 3.58. The number of halogens is 1. The van der Waals surface area contributed by atoms with Crippen molar-refractivity contribution in [3.05, 3.63) is 53.8 Å². The molecule has 2 heterocycles. The number of piperidine rings is 1. The number of nitrogens with zero attached hydrogens (tertiary/aromatic N) is 3. The molecule has 0 aliphatic carbocycles.